The number of carbonyl (C=O) groups excluding carboxylic acids is 2. The van der Waals surface area contributed by atoms with E-state index in [2.05, 4.69) is 27.3 Å². The summed E-state index contributed by atoms with van der Waals surface area (Å²) in [6.45, 7) is 6.45. The van der Waals surface area contributed by atoms with Gasteiger partial charge in [-0.3, -0.25) is 14.6 Å². The van der Waals surface area contributed by atoms with Gasteiger partial charge in [-0.15, -0.1) is 0 Å². The van der Waals surface area contributed by atoms with E-state index >= 15 is 0 Å². The van der Waals surface area contributed by atoms with Crippen LogP contribution in [0.4, 0.5) is 5.69 Å². The minimum absolute atomic E-state index is 0.131. The lowest BCUT2D eigenvalue weighted by Gasteiger charge is -2.39. The lowest BCUT2D eigenvalue weighted by Crippen LogP contribution is -2.55. The predicted octanol–water partition coefficient (Wildman–Crippen LogP) is 2.07. The van der Waals surface area contributed by atoms with Gasteiger partial charge in [0.1, 0.15) is 5.41 Å². The maximum atomic E-state index is 12.9. The average Bonchev–Trinajstić information content (AvgIpc) is 2.73. The molecular weight excluding hydrogens is 340 g/mol. The summed E-state index contributed by atoms with van der Waals surface area (Å²) in [5, 5.41) is 2.83. The quantitative estimate of drug-likeness (QED) is 0.823. The fourth-order valence-electron chi connectivity index (χ4n) is 3.19. The molecule has 1 fully saturated rings. The number of hydrogen-bond donors (Lipinski definition) is 1. The van der Waals surface area contributed by atoms with Crippen LogP contribution in [-0.2, 0) is 16.1 Å². The van der Waals surface area contributed by atoms with Crippen LogP contribution >= 0.6 is 0 Å². The third-order valence-corrected chi connectivity index (χ3v) is 4.95. The summed E-state index contributed by atoms with van der Waals surface area (Å²) in [7, 11) is 0. The van der Waals surface area contributed by atoms with Crippen LogP contribution in [0.25, 0.3) is 0 Å². The van der Waals surface area contributed by atoms with Gasteiger partial charge in [0.15, 0.2) is 0 Å². The summed E-state index contributed by atoms with van der Waals surface area (Å²) < 4.78 is 0. The molecule has 27 heavy (non-hydrogen) atoms. The monoisotopic (exact) mass is 366 g/mol. The molecule has 0 atom stereocenters. The topological polar surface area (TPSA) is 65.5 Å². The standard InChI is InChI=1S/C21H26N4O2/c1-21(2,19(26)23-16-17-8-6-7-11-22-17)20(27)25-14-12-24(13-15-25)18-9-4-3-5-10-18/h3-11H,12-16H2,1-2H3,(H,23,26). The van der Waals surface area contributed by atoms with Gasteiger partial charge < -0.3 is 15.1 Å². The van der Waals surface area contributed by atoms with Crippen LogP contribution in [0.5, 0.6) is 0 Å². The highest BCUT2D eigenvalue weighted by molar-refractivity contribution is 6.04. The van der Waals surface area contributed by atoms with Crippen LogP contribution in [0.15, 0.2) is 54.7 Å². The molecule has 142 valence electrons. The third kappa shape index (κ3) is 4.45. The molecule has 2 heterocycles. The van der Waals surface area contributed by atoms with Crippen LogP contribution in [-0.4, -0.2) is 47.9 Å². The summed E-state index contributed by atoms with van der Waals surface area (Å²) in [5.74, 6) is -0.405. The van der Waals surface area contributed by atoms with Gasteiger partial charge in [0.2, 0.25) is 11.8 Å². The number of carbonyl (C=O) groups is 2. The number of pyridine rings is 1. The Kier molecular flexibility index (Phi) is 5.74. The van der Waals surface area contributed by atoms with Crippen molar-refractivity contribution in [2.24, 2.45) is 5.41 Å². The van der Waals surface area contributed by atoms with E-state index in [1.807, 2.05) is 36.4 Å². The minimum Gasteiger partial charge on any atom is -0.368 e. The molecule has 0 bridgehead atoms. The number of aromatic nitrogens is 1. The molecule has 0 aliphatic carbocycles. The fourth-order valence-corrected chi connectivity index (χ4v) is 3.19. The van der Waals surface area contributed by atoms with Gasteiger partial charge in [0.05, 0.1) is 12.2 Å². The highest BCUT2D eigenvalue weighted by atomic mass is 16.2. The van der Waals surface area contributed by atoms with Crippen molar-refractivity contribution in [2.45, 2.75) is 20.4 Å². The van der Waals surface area contributed by atoms with Gasteiger partial charge in [-0.1, -0.05) is 24.3 Å². The van der Waals surface area contributed by atoms with Gasteiger partial charge in [-0.25, -0.2) is 0 Å². The van der Waals surface area contributed by atoms with E-state index < -0.39 is 5.41 Å². The van der Waals surface area contributed by atoms with Crippen LogP contribution in [0, 0.1) is 5.41 Å². The van der Waals surface area contributed by atoms with Crippen LogP contribution in [0.1, 0.15) is 19.5 Å². The summed E-state index contributed by atoms with van der Waals surface area (Å²) in [5.41, 5.74) is 0.825. The molecule has 0 spiro atoms. The van der Waals surface area contributed by atoms with Crippen molar-refractivity contribution < 1.29 is 9.59 Å². The zero-order chi connectivity index (χ0) is 19.3. The molecule has 6 nitrogen and oxygen atoms in total. The number of hydrogen-bond acceptors (Lipinski definition) is 4. The molecule has 1 aromatic heterocycles. The second kappa shape index (κ2) is 8.20. The van der Waals surface area contributed by atoms with Crippen molar-refractivity contribution >= 4 is 17.5 Å². The van der Waals surface area contributed by atoms with Crippen molar-refractivity contribution in [3.8, 4) is 0 Å². The zero-order valence-corrected chi connectivity index (χ0v) is 15.9. The summed E-state index contributed by atoms with van der Waals surface area (Å²) in [4.78, 5) is 33.8. The third-order valence-electron chi connectivity index (χ3n) is 4.95. The first-order chi connectivity index (χ1) is 13.0. The van der Waals surface area contributed by atoms with E-state index in [1.165, 1.54) is 0 Å². The molecule has 0 unspecified atom stereocenters. The predicted molar refractivity (Wildman–Crippen MR) is 105 cm³/mol. The lowest BCUT2D eigenvalue weighted by molar-refractivity contribution is -0.148. The van der Waals surface area contributed by atoms with Gasteiger partial charge in [0, 0.05) is 38.1 Å². The number of nitrogens with one attached hydrogen (secondary N) is 1. The van der Waals surface area contributed by atoms with Crippen LogP contribution in [0.2, 0.25) is 0 Å². The van der Waals surface area contributed by atoms with E-state index in [4.69, 9.17) is 0 Å². The normalized spacial score (nSPS) is 14.7. The second-order valence-electron chi connectivity index (χ2n) is 7.24. The molecule has 2 aromatic rings. The number of benzene rings is 1. The van der Waals surface area contributed by atoms with Crippen molar-refractivity contribution in [2.75, 3.05) is 31.1 Å². The summed E-state index contributed by atoms with van der Waals surface area (Å²) >= 11 is 0. The van der Waals surface area contributed by atoms with E-state index in [-0.39, 0.29) is 11.8 Å². The molecule has 1 saturated heterocycles. The Morgan fingerprint density at radius 1 is 1.00 bits per heavy atom. The van der Waals surface area contributed by atoms with E-state index in [0.717, 1.165) is 24.5 Å². The Labute approximate surface area is 160 Å². The molecule has 1 N–H and O–H groups in total. The summed E-state index contributed by atoms with van der Waals surface area (Å²) in [6.07, 6.45) is 1.68. The Bertz CT molecular complexity index is 769. The van der Waals surface area contributed by atoms with Crippen LogP contribution in [0.3, 0.4) is 0 Å². The van der Waals surface area contributed by atoms with Crippen molar-refractivity contribution in [1.29, 1.82) is 0 Å². The van der Waals surface area contributed by atoms with Crippen molar-refractivity contribution in [1.82, 2.24) is 15.2 Å². The maximum absolute atomic E-state index is 12.9. The van der Waals surface area contributed by atoms with E-state index in [9.17, 15) is 9.59 Å². The number of rotatable bonds is 5. The van der Waals surface area contributed by atoms with Crippen LogP contribution < -0.4 is 10.2 Å². The Balaban J connectivity index is 1.55. The molecule has 6 heteroatoms. The maximum Gasteiger partial charge on any atom is 0.237 e. The van der Waals surface area contributed by atoms with Crippen molar-refractivity contribution in [3.63, 3.8) is 0 Å². The minimum atomic E-state index is -1.11. The first kappa shape index (κ1) is 18.9. The molecular formula is C21H26N4O2. The SMILES string of the molecule is CC(C)(C(=O)NCc1ccccn1)C(=O)N1CCN(c2ccccc2)CC1. The number of amides is 2. The molecule has 1 aliphatic heterocycles. The number of nitrogens with zero attached hydrogens (tertiary/aromatic N) is 3. The Morgan fingerprint density at radius 3 is 2.30 bits per heavy atom. The highest BCUT2D eigenvalue weighted by Crippen LogP contribution is 2.22. The smallest absolute Gasteiger partial charge is 0.237 e. The molecule has 1 aromatic carbocycles. The van der Waals surface area contributed by atoms with Crippen molar-refractivity contribution in [3.05, 3.63) is 60.4 Å². The second-order valence-corrected chi connectivity index (χ2v) is 7.24. The van der Waals surface area contributed by atoms with E-state index in [1.54, 1.807) is 24.9 Å². The van der Waals surface area contributed by atoms with Gasteiger partial charge in [-0.05, 0) is 38.1 Å². The molecule has 0 radical (unpaired) electrons. The zero-order valence-electron chi connectivity index (χ0n) is 15.9. The Morgan fingerprint density at radius 2 is 1.67 bits per heavy atom. The first-order valence-electron chi connectivity index (χ1n) is 9.26. The molecule has 3 rings (SSSR count). The number of piperazine rings is 1. The largest absolute Gasteiger partial charge is 0.368 e. The highest BCUT2D eigenvalue weighted by Gasteiger charge is 2.39. The lowest BCUT2D eigenvalue weighted by atomic mass is 9.90. The fraction of sp³-hybridized carbons (Fsp3) is 0.381. The summed E-state index contributed by atoms with van der Waals surface area (Å²) in [6, 6.07) is 15.7. The Hall–Kier alpha value is -2.89. The molecule has 0 saturated carbocycles. The van der Waals surface area contributed by atoms with Gasteiger partial charge >= 0.3 is 0 Å². The van der Waals surface area contributed by atoms with Gasteiger partial charge in [-0.2, -0.15) is 0 Å². The molecule has 2 amide bonds. The molecule has 1 aliphatic rings. The first-order valence-corrected chi connectivity index (χ1v) is 9.26. The van der Waals surface area contributed by atoms with E-state index in [0.29, 0.717) is 19.6 Å². The number of para-hydroxylation sites is 1. The number of anilines is 1. The average molecular weight is 366 g/mol. The van der Waals surface area contributed by atoms with Gasteiger partial charge in [0.25, 0.3) is 0 Å².